The second kappa shape index (κ2) is 6.99. The maximum absolute atomic E-state index is 10.3. The Morgan fingerprint density at radius 3 is 2.60 bits per heavy atom. The van der Waals surface area contributed by atoms with Crippen LogP contribution in [0.2, 0.25) is 10.0 Å². The van der Waals surface area contributed by atoms with E-state index in [1.807, 2.05) is 6.92 Å². The molecule has 0 aliphatic heterocycles. The van der Waals surface area contributed by atoms with Crippen molar-refractivity contribution in [2.45, 2.75) is 38.4 Å². The Hall–Kier alpha value is -0.480. The lowest BCUT2D eigenvalue weighted by Gasteiger charge is -2.36. The summed E-state index contributed by atoms with van der Waals surface area (Å²) in [6.45, 7) is 2.75. The first-order chi connectivity index (χ1) is 9.55. The summed E-state index contributed by atoms with van der Waals surface area (Å²) in [5, 5.41) is 11.3. The first kappa shape index (κ1) is 15.9. The minimum absolute atomic E-state index is 0.354. The molecule has 1 aromatic carbocycles. The van der Waals surface area contributed by atoms with Crippen molar-refractivity contribution < 1.29 is 14.6 Å². The van der Waals surface area contributed by atoms with Gasteiger partial charge >= 0.3 is 0 Å². The molecule has 112 valence electrons. The quantitative estimate of drug-likeness (QED) is 0.852. The predicted octanol–water partition coefficient (Wildman–Crippen LogP) is 4.24. The highest BCUT2D eigenvalue weighted by Gasteiger charge is 2.31. The van der Waals surface area contributed by atoms with Gasteiger partial charge < -0.3 is 14.6 Å². The van der Waals surface area contributed by atoms with Crippen molar-refractivity contribution in [3.63, 3.8) is 0 Å². The number of hydrogen-bond acceptors (Lipinski definition) is 3. The van der Waals surface area contributed by atoms with E-state index in [-0.39, 0.29) is 0 Å². The third-order valence-corrected chi connectivity index (χ3v) is 4.40. The molecule has 1 N–H and O–H groups in total. The van der Waals surface area contributed by atoms with Crippen LogP contribution in [0.25, 0.3) is 0 Å². The smallest absolute Gasteiger partial charge is 0.138 e. The first-order valence-electron chi connectivity index (χ1n) is 6.87. The molecule has 1 saturated carbocycles. The minimum atomic E-state index is -0.599. The summed E-state index contributed by atoms with van der Waals surface area (Å²) >= 11 is 12.3. The number of methoxy groups -OCH3 is 1. The van der Waals surface area contributed by atoms with E-state index in [1.165, 1.54) is 7.11 Å². The first-order valence-corrected chi connectivity index (χ1v) is 7.63. The van der Waals surface area contributed by atoms with Gasteiger partial charge in [-0.1, -0.05) is 23.2 Å². The third-order valence-electron chi connectivity index (χ3n) is 3.78. The molecule has 0 spiro atoms. The molecule has 0 bridgehead atoms. The molecule has 0 saturated heterocycles. The normalized spacial score (nSPS) is 23.2. The van der Waals surface area contributed by atoms with Gasteiger partial charge in [0.1, 0.15) is 5.75 Å². The summed E-state index contributed by atoms with van der Waals surface area (Å²) < 4.78 is 10.6. The number of ether oxygens (including phenoxy) is 2. The number of rotatable bonds is 6. The van der Waals surface area contributed by atoms with E-state index in [0.717, 1.165) is 19.4 Å². The predicted molar refractivity (Wildman–Crippen MR) is 80.7 cm³/mol. The zero-order chi connectivity index (χ0) is 14.7. The standard InChI is InChI=1S/C15H20Cl2O3/c1-3-20-10-4-9(5-10)6-14(18)11-7-13(17)15(19-2)8-12(11)16/h7-10,14,18H,3-6H2,1-2H3. The van der Waals surface area contributed by atoms with Crippen LogP contribution in [-0.2, 0) is 4.74 Å². The lowest BCUT2D eigenvalue weighted by molar-refractivity contribution is -0.0380. The molecule has 1 aliphatic rings. The molecule has 0 amide bonds. The Morgan fingerprint density at radius 1 is 1.30 bits per heavy atom. The van der Waals surface area contributed by atoms with Crippen LogP contribution in [0.4, 0.5) is 0 Å². The maximum atomic E-state index is 10.3. The molecule has 3 nitrogen and oxygen atoms in total. The fraction of sp³-hybridized carbons (Fsp3) is 0.600. The molecule has 2 rings (SSSR count). The van der Waals surface area contributed by atoms with Gasteiger partial charge in [0.05, 0.1) is 29.4 Å². The third kappa shape index (κ3) is 3.59. The summed E-state index contributed by atoms with van der Waals surface area (Å²) in [5.74, 6) is 1.01. The van der Waals surface area contributed by atoms with Gasteiger partial charge in [-0.2, -0.15) is 0 Å². The second-order valence-corrected chi connectivity index (χ2v) is 5.99. The zero-order valence-corrected chi connectivity index (χ0v) is 13.2. The van der Waals surface area contributed by atoms with Crippen molar-refractivity contribution in [2.75, 3.05) is 13.7 Å². The van der Waals surface area contributed by atoms with E-state index >= 15 is 0 Å². The molecular weight excluding hydrogens is 299 g/mol. The Balaban J connectivity index is 1.96. The Labute approximate surface area is 129 Å². The summed E-state index contributed by atoms with van der Waals surface area (Å²) in [4.78, 5) is 0. The molecular formula is C15H20Cl2O3. The van der Waals surface area contributed by atoms with Gasteiger partial charge in [-0.3, -0.25) is 0 Å². The lowest BCUT2D eigenvalue weighted by atomic mass is 9.78. The van der Waals surface area contributed by atoms with Crippen LogP contribution in [-0.4, -0.2) is 24.9 Å². The van der Waals surface area contributed by atoms with Crippen LogP contribution in [0.5, 0.6) is 5.75 Å². The van der Waals surface area contributed by atoms with Gasteiger partial charge in [-0.15, -0.1) is 0 Å². The molecule has 1 fully saturated rings. The van der Waals surface area contributed by atoms with Crippen molar-refractivity contribution >= 4 is 23.2 Å². The highest BCUT2D eigenvalue weighted by Crippen LogP contribution is 2.40. The summed E-state index contributed by atoms with van der Waals surface area (Å²) in [7, 11) is 1.54. The van der Waals surface area contributed by atoms with Crippen LogP contribution in [0.15, 0.2) is 12.1 Å². The van der Waals surface area contributed by atoms with Crippen molar-refractivity contribution in [2.24, 2.45) is 5.92 Å². The van der Waals surface area contributed by atoms with Crippen LogP contribution in [0.3, 0.4) is 0 Å². The Morgan fingerprint density at radius 2 is 2.00 bits per heavy atom. The van der Waals surface area contributed by atoms with Crippen molar-refractivity contribution in [3.05, 3.63) is 27.7 Å². The SMILES string of the molecule is CCOC1CC(CC(O)c2cc(Cl)c(OC)cc2Cl)C1. The topological polar surface area (TPSA) is 38.7 Å². The van der Waals surface area contributed by atoms with Gasteiger partial charge in [0, 0.05) is 18.2 Å². The largest absolute Gasteiger partial charge is 0.495 e. The van der Waals surface area contributed by atoms with E-state index in [9.17, 15) is 5.11 Å². The molecule has 1 aliphatic carbocycles. The highest BCUT2D eigenvalue weighted by atomic mass is 35.5. The zero-order valence-electron chi connectivity index (χ0n) is 11.7. The van der Waals surface area contributed by atoms with Crippen molar-refractivity contribution in [1.29, 1.82) is 0 Å². The average Bonchev–Trinajstić information content (AvgIpc) is 2.38. The molecule has 20 heavy (non-hydrogen) atoms. The minimum Gasteiger partial charge on any atom is -0.495 e. The number of aliphatic hydroxyl groups excluding tert-OH is 1. The summed E-state index contributed by atoms with van der Waals surface area (Å²) in [6.07, 6.45) is 2.45. The van der Waals surface area contributed by atoms with E-state index < -0.39 is 6.10 Å². The molecule has 0 aromatic heterocycles. The molecule has 1 unspecified atom stereocenters. The molecule has 1 atom stereocenters. The lowest BCUT2D eigenvalue weighted by Crippen LogP contribution is -2.32. The fourth-order valence-corrected chi connectivity index (χ4v) is 3.17. The second-order valence-electron chi connectivity index (χ2n) is 5.17. The molecule has 0 heterocycles. The molecule has 5 heteroatoms. The van der Waals surface area contributed by atoms with Crippen LogP contribution in [0, 0.1) is 5.92 Å². The van der Waals surface area contributed by atoms with Crippen molar-refractivity contribution in [1.82, 2.24) is 0 Å². The fourth-order valence-electron chi connectivity index (χ4n) is 2.64. The number of halogens is 2. The van der Waals surface area contributed by atoms with E-state index in [0.29, 0.717) is 39.8 Å². The van der Waals surface area contributed by atoms with Gasteiger partial charge in [0.25, 0.3) is 0 Å². The maximum Gasteiger partial charge on any atom is 0.138 e. The number of aliphatic hydroxyl groups is 1. The summed E-state index contributed by atoms with van der Waals surface area (Å²) in [5.41, 5.74) is 0.664. The van der Waals surface area contributed by atoms with E-state index in [2.05, 4.69) is 0 Å². The van der Waals surface area contributed by atoms with Gasteiger partial charge in [-0.25, -0.2) is 0 Å². The van der Waals surface area contributed by atoms with Gasteiger partial charge in [0.2, 0.25) is 0 Å². The van der Waals surface area contributed by atoms with Gasteiger partial charge in [-0.05, 0) is 38.2 Å². The monoisotopic (exact) mass is 318 g/mol. The van der Waals surface area contributed by atoms with Gasteiger partial charge in [0.15, 0.2) is 0 Å². The van der Waals surface area contributed by atoms with E-state index in [4.69, 9.17) is 32.7 Å². The van der Waals surface area contributed by atoms with Crippen LogP contribution < -0.4 is 4.74 Å². The van der Waals surface area contributed by atoms with Crippen LogP contribution in [0.1, 0.15) is 37.9 Å². The molecule has 1 aromatic rings. The summed E-state index contributed by atoms with van der Waals surface area (Å²) in [6, 6.07) is 3.33. The highest BCUT2D eigenvalue weighted by molar-refractivity contribution is 6.34. The van der Waals surface area contributed by atoms with Crippen LogP contribution >= 0.6 is 23.2 Å². The number of benzene rings is 1. The average molecular weight is 319 g/mol. The van der Waals surface area contributed by atoms with E-state index in [1.54, 1.807) is 12.1 Å². The Bertz CT molecular complexity index is 459. The molecule has 0 radical (unpaired) electrons. The van der Waals surface area contributed by atoms with Crippen molar-refractivity contribution in [3.8, 4) is 5.75 Å². The Kier molecular flexibility index (Phi) is 5.56. The number of hydrogen-bond donors (Lipinski definition) is 1.